The molecule has 34 heavy (non-hydrogen) atoms. The molecule has 1 N–H and O–H groups in total. The zero-order valence-corrected chi connectivity index (χ0v) is 21.6. The molecule has 0 aliphatic rings. The largest absolute Gasteiger partial charge is 0.355 e. The van der Waals surface area contributed by atoms with Gasteiger partial charge < -0.3 is 10.2 Å². The molecular weight excluding hydrogens is 504 g/mol. The number of benzene rings is 2. The van der Waals surface area contributed by atoms with Gasteiger partial charge in [-0.05, 0) is 44.5 Å². The Hall–Kier alpha value is -2.36. The highest BCUT2D eigenvalue weighted by atomic mass is 35.5. The maximum absolute atomic E-state index is 14.2. The number of anilines is 1. The molecule has 11 heteroatoms. The molecule has 0 aliphatic heterocycles. The highest BCUT2D eigenvalue weighted by Gasteiger charge is 2.28. The fraction of sp³-hybridized carbons (Fsp3) is 0.391. The van der Waals surface area contributed by atoms with Gasteiger partial charge in [-0.3, -0.25) is 13.9 Å². The molecule has 0 radical (unpaired) electrons. The second-order valence-electron chi connectivity index (χ2n) is 7.68. The monoisotopic (exact) mass is 531 g/mol. The lowest BCUT2D eigenvalue weighted by Gasteiger charge is -2.30. The van der Waals surface area contributed by atoms with Gasteiger partial charge >= 0.3 is 0 Å². The molecule has 2 amide bonds. The van der Waals surface area contributed by atoms with Gasteiger partial charge in [0.15, 0.2) is 0 Å². The van der Waals surface area contributed by atoms with Crippen LogP contribution in [0.1, 0.15) is 32.3 Å². The number of carbonyl (C=O) groups excluding carboxylic acids is 2. The molecule has 0 heterocycles. The van der Waals surface area contributed by atoms with Crippen molar-refractivity contribution in [2.24, 2.45) is 0 Å². The number of hydrogen-bond acceptors (Lipinski definition) is 4. The number of nitrogens with zero attached hydrogens (tertiary/aromatic N) is 2. The van der Waals surface area contributed by atoms with Crippen LogP contribution in [0.2, 0.25) is 10.0 Å². The molecule has 0 aromatic heterocycles. The zero-order valence-electron chi connectivity index (χ0n) is 19.2. The summed E-state index contributed by atoms with van der Waals surface area (Å²) in [7, 11) is -3.79. The summed E-state index contributed by atoms with van der Waals surface area (Å²) in [5, 5.41) is 3.40. The fourth-order valence-electron chi connectivity index (χ4n) is 3.39. The first-order valence-corrected chi connectivity index (χ1v) is 13.3. The quantitative estimate of drug-likeness (QED) is 0.469. The SMILES string of the molecule is CCNC(=O)[C@@H](C)N(Cc1c(Cl)cccc1Cl)C(=O)CCCN(c1ccccc1F)S(C)(=O)=O. The lowest BCUT2D eigenvalue weighted by atomic mass is 10.1. The minimum Gasteiger partial charge on any atom is -0.355 e. The maximum Gasteiger partial charge on any atom is 0.242 e. The second kappa shape index (κ2) is 12.4. The van der Waals surface area contributed by atoms with E-state index in [2.05, 4.69) is 5.32 Å². The minimum absolute atomic E-state index is 0.00124. The third-order valence-electron chi connectivity index (χ3n) is 5.18. The summed E-state index contributed by atoms with van der Waals surface area (Å²) in [5.74, 6) is -1.42. The predicted octanol–water partition coefficient (Wildman–Crippen LogP) is 4.23. The van der Waals surface area contributed by atoms with Crippen LogP contribution in [0.3, 0.4) is 0 Å². The molecule has 7 nitrogen and oxygen atoms in total. The Balaban J connectivity index is 2.22. The summed E-state index contributed by atoms with van der Waals surface area (Å²) >= 11 is 12.5. The Bertz CT molecular complexity index is 1110. The van der Waals surface area contributed by atoms with Crippen molar-refractivity contribution in [3.05, 3.63) is 63.9 Å². The molecule has 2 aromatic rings. The molecule has 2 rings (SSSR count). The molecule has 1 atom stereocenters. The molecule has 186 valence electrons. The van der Waals surface area contributed by atoms with Crippen molar-refractivity contribution in [3.8, 4) is 0 Å². The number of rotatable bonds is 11. The van der Waals surface area contributed by atoms with Crippen LogP contribution in [0, 0.1) is 5.82 Å². The van der Waals surface area contributed by atoms with E-state index < -0.39 is 27.8 Å². The Labute approximate surface area is 209 Å². The summed E-state index contributed by atoms with van der Waals surface area (Å²) in [5.41, 5.74) is 0.410. The van der Waals surface area contributed by atoms with Crippen LogP contribution < -0.4 is 9.62 Å². The van der Waals surface area contributed by atoms with Crippen LogP contribution in [-0.4, -0.2) is 50.5 Å². The minimum atomic E-state index is -3.79. The molecule has 0 unspecified atom stereocenters. The number of amides is 2. The lowest BCUT2D eigenvalue weighted by molar-refractivity contribution is -0.140. The highest BCUT2D eigenvalue weighted by Crippen LogP contribution is 2.27. The number of para-hydroxylation sites is 1. The van der Waals surface area contributed by atoms with E-state index in [9.17, 15) is 22.4 Å². The van der Waals surface area contributed by atoms with Crippen molar-refractivity contribution < 1.29 is 22.4 Å². The Kier molecular flexibility index (Phi) is 10.1. The molecule has 0 saturated carbocycles. The van der Waals surface area contributed by atoms with E-state index in [-0.39, 0.29) is 37.5 Å². The molecule has 2 aromatic carbocycles. The molecule has 0 spiro atoms. The van der Waals surface area contributed by atoms with Crippen LogP contribution in [0.15, 0.2) is 42.5 Å². The Morgan fingerprint density at radius 2 is 1.71 bits per heavy atom. The van der Waals surface area contributed by atoms with Gasteiger partial charge in [0.05, 0.1) is 11.9 Å². The van der Waals surface area contributed by atoms with Crippen molar-refractivity contribution in [2.75, 3.05) is 23.7 Å². The van der Waals surface area contributed by atoms with E-state index in [1.165, 1.54) is 29.2 Å². The molecule has 0 fully saturated rings. The lowest BCUT2D eigenvalue weighted by Crippen LogP contribution is -2.47. The van der Waals surface area contributed by atoms with Crippen LogP contribution in [-0.2, 0) is 26.2 Å². The molecule has 0 bridgehead atoms. The van der Waals surface area contributed by atoms with E-state index in [1.54, 1.807) is 32.0 Å². The second-order valence-corrected chi connectivity index (χ2v) is 10.4. The standard InChI is InChI=1S/C23H28Cl2FN3O4S/c1-4-27-23(31)16(2)28(15-17-18(24)9-7-10-19(17)25)22(30)13-8-14-29(34(3,32)33)21-12-6-5-11-20(21)26/h5-7,9-12,16H,4,8,13-15H2,1-3H3,(H,27,31)/t16-/m1/s1. The van der Waals surface area contributed by atoms with E-state index in [1.807, 2.05) is 0 Å². The molecule has 0 saturated heterocycles. The van der Waals surface area contributed by atoms with E-state index >= 15 is 0 Å². The van der Waals surface area contributed by atoms with Gasteiger partial charge in [-0.25, -0.2) is 12.8 Å². The first-order chi connectivity index (χ1) is 16.0. The first kappa shape index (κ1) is 27.9. The number of carbonyl (C=O) groups is 2. The first-order valence-electron chi connectivity index (χ1n) is 10.7. The Morgan fingerprint density at radius 1 is 1.09 bits per heavy atom. The zero-order chi connectivity index (χ0) is 25.5. The normalized spacial score (nSPS) is 12.2. The summed E-state index contributed by atoms with van der Waals surface area (Å²) in [6, 6.07) is 9.66. The molecule has 0 aliphatic carbocycles. The number of hydrogen-bond donors (Lipinski definition) is 1. The number of likely N-dealkylation sites (N-methyl/N-ethyl adjacent to an activating group) is 1. The van der Waals surface area contributed by atoms with Gasteiger partial charge in [-0.1, -0.05) is 41.4 Å². The van der Waals surface area contributed by atoms with Crippen molar-refractivity contribution in [3.63, 3.8) is 0 Å². The van der Waals surface area contributed by atoms with Crippen molar-refractivity contribution >= 4 is 50.7 Å². The van der Waals surface area contributed by atoms with Crippen LogP contribution >= 0.6 is 23.2 Å². The van der Waals surface area contributed by atoms with Crippen molar-refractivity contribution in [1.29, 1.82) is 0 Å². The summed E-state index contributed by atoms with van der Waals surface area (Å²) in [6.07, 6.45) is 1.01. The topological polar surface area (TPSA) is 86.8 Å². The van der Waals surface area contributed by atoms with Crippen molar-refractivity contribution in [2.45, 2.75) is 39.3 Å². The van der Waals surface area contributed by atoms with Gasteiger partial charge in [0, 0.05) is 41.7 Å². The van der Waals surface area contributed by atoms with E-state index in [4.69, 9.17) is 23.2 Å². The molecular formula is C23H28Cl2FN3O4S. The predicted molar refractivity (Wildman–Crippen MR) is 133 cm³/mol. The van der Waals surface area contributed by atoms with Crippen LogP contribution in [0.25, 0.3) is 0 Å². The van der Waals surface area contributed by atoms with E-state index in [0.717, 1.165) is 10.6 Å². The summed E-state index contributed by atoms with van der Waals surface area (Å²) in [6.45, 7) is 3.64. The van der Waals surface area contributed by atoms with Gasteiger partial charge in [0.25, 0.3) is 0 Å². The fourth-order valence-corrected chi connectivity index (χ4v) is 4.88. The Morgan fingerprint density at radius 3 is 2.26 bits per heavy atom. The summed E-state index contributed by atoms with van der Waals surface area (Å²) < 4.78 is 39.7. The van der Waals surface area contributed by atoms with Gasteiger partial charge in [-0.15, -0.1) is 0 Å². The van der Waals surface area contributed by atoms with Gasteiger partial charge in [0.1, 0.15) is 11.9 Å². The number of nitrogens with one attached hydrogen (secondary N) is 1. The van der Waals surface area contributed by atoms with Gasteiger partial charge in [-0.2, -0.15) is 0 Å². The summed E-state index contributed by atoms with van der Waals surface area (Å²) in [4.78, 5) is 27.0. The average molecular weight is 532 g/mol. The highest BCUT2D eigenvalue weighted by molar-refractivity contribution is 7.92. The third kappa shape index (κ3) is 7.32. The average Bonchev–Trinajstić information content (AvgIpc) is 2.76. The number of halogens is 3. The van der Waals surface area contributed by atoms with Crippen molar-refractivity contribution in [1.82, 2.24) is 10.2 Å². The van der Waals surface area contributed by atoms with Crippen LogP contribution in [0.4, 0.5) is 10.1 Å². The smallest absolute Gasteiger partial charge is 0.242 e. The van der Waals surface area contributed by atoms with Gasteiger partial charge in [0.2, 0.25) is 21.8 Å². The van der Waals surface area contributed by atoms with Crippen LogP contribution in [0.5, 0.6) is 0 Å². The maximum atomic E-state index is 14.2. The number of sulfonamides is 1. The third-order valence-corrected chi connectivity index (χ3v) is 7.07. The van der Waals surface area contributed by atoms with E-state index in [0.29, 0.717) is 22.2 Å².